The number of hydrogen-bond acceptors (Lipinski definition) is 0. The Kier molecular flexibility index (Phi) is 3.17. The fourth-order valence-corrected chi connectivity index (χ4v) is 5.37. The molecule has 13 heavy (non-hydrogen) atoms. The van der Waals surface area contributed by atoms with Crippen LogP contribution in [0.5, 0.6) is 0 Å². The highest BCUT2D eigenvalue weighted by Gasteiger charge is 2.34. The molecule has 1 heterocycles. The zero-order valence-electron chi connectivity index (χ0n) is 7.84. The number of hydrogen-bond donors (Lipinski definition) is 0. The highest BCUT2D eigenvalue weighted by Crippen LogP contribution is 2.35. The molecule has 1 aliphatic heterocycles. The van der Waals surface area contributed by atoms with Gasteiger partial charge in [-0.1, -0.05) is 24.3 Å². The molecule has 0 aromatic carbocycles. The van der Waals surface area contributed by atoms with Crippen LogP contribution < -0.4 is 0 Å². The Labute approximate surface area is 81.7 Å². The van der Waals surface area contributed by atoms with Gasteiger partial charge in [0.1, 0.15) is 0 Å². The van der Waals surface area contributed by atoms with E-state index in [4.69, 9.17) is 12.8 Å². The average Bonchev–Trinajstić information content (AvgIpc) is 2.50. The number of terminal acetylenes is 2. The summed E-state index contributed by atoms with van der Waals surface area (Å²) in [7, 11) is -1.35. The Bertz CT molecular complexity index is 293. The minimum atomic E-state index is -1.35. The van der Waals surface area contributed by atoms with Crippen LogP contribution in [-0.2, 0) is 0 Å². The van der Waals surface area contributed by atoms with E-state index in [9.17, 15) is 0 Å². The fraction of sp³-hybridized carbons (Fsp3) is 0.333. The molecule has 0 amide bonds. The van der Waals surface area contributed by atoms with Gasteiger partial charge in [-0.25, -0.2) is 0 Å². The molecule has 0 bridgehead atoms. The van der Waals surface area contributed by atoms with E-state index in [0.717, 1.165) is 24.2 Å². The standard InChI is InChI=1S/C12H14Si/c1-4-8-13(9-5-2)10-7-12(6-3)11-13/h1-2,6-7H,3,8-11H2. The second kappa shape index (κ2) is 4.17. The van der Waals surface area contributed by atoms with Crippen LogP contribution in [0.1, 0.15) is 0 Å². The Morgan fingerprint density at radius 2 is 2.08 bits per heavy atom. The second-order valence-electron chi connectivity index (χ2n) is 3.63. The lowest BCUT2D eigenvalue weighted by Crippen LogP contribution is -2.29. The summed E-state index contributed by atoms with van der Waals surface area (Å²) in [5.74, 6) is 5.56. The van der Waals surface area contributed by atoms with Gasteiger partial charge in [0, 0.05) is 12.1 Å². The molecule has 0 fully saturated rings. The summed E-state index contributed by atoms with van der Waals surface area (Å²) in [6.07, 6.45) is 14.9. The Morgan fingerprint density at radius 1 is 1.46 bits per heavy atom. The zero-order chi connectivity index (χ0) is 9.73. The molecule has 0 N–H and O–H groups in total. The molecule has 1 rings (SSSR count). The van der Waals surface area contributed by atoms with Crippen LogP contribution in [0.3, 0.4) is 0 Å². The van der Waals surface area contributed by atoms with Crippen molar-refractivity contribution >= 4 is 8.07 Å². The summed E-state index contributed by atoms with van der Waals surface area (Å²) >= 11 is 0. The summed E-state index contributed by atoms with van der Waals surface area (Å²) in [6, 6.07) is 4.09. The van der Waals surface area contributed by atoms with Crippen molar-refractivity contribution in [3.05, 3.63) is 24.3 Å². The number of rotatable bonds is 3. The van der Waals surface area contributed by atoms with Crippen LogP contribution in [0, 0.1) is 24.7 Å². The maximum Gasteiger partial charge on any atom is 0.0867 e. The van der Waals surface area contributed by atoms with Crippen molar-refractivity contribution in [2.75, 3.05) is 0 Å². The van der Waals surface area contributed by atoms with Gasteiger partial charge >= 0.3 is 0 Å². The predicted octanol–water partition coefficient (Wildman–Crippen LogP) is 2.83. The summed E-state index contributed by atoms with van der Waals surface area (Å²) in [6.45, 7) is 3.78. The lowest BCUT2D eigenvalue weighted by atomic mass is 10.3. The first-order chi connectivity index (χ1) is 6.26. The summed E-state index contributed by atoms with van der Waals surface area (Å²) in [5, 5.41) is 0. The van der Waals surface area contributed by atoms with Crippen LogP contribution in [-0.4, -0.2) is 8.07 Å². The average molecular weight is 186 g/mol. The molecule has 1 aliphatic rings. The predicted molar refractivity (Wildman–Crippen MR) is 60.9 cm³/mol. The fourth-order valence-electron chi connectivity index (χ4n) is 1.85. The van der Waals surface area contributed by atoms with Crippen LogP contribution in [0.15, 0.2) is 24.3 Å². The third-order valence-electron chi connectivity index (χ3n) is 2.59. The molecule has 0 saturated heterocycles. The van der Waals surface area contributed by atoms with Crippen molar-refractivity contribution in [2.45, 2.75) is 24.2 Å². The van der Waals surface area contributed by atoms with Gasteiger partial charge in [0.2, 0.25) is 0 Å². The highest BCUT2D eigenvalue weighted by molar-refractivity contribution is 6.82. The van der Waals surface area contributed by atoms with Crippen molar-refractivity contribution in [1.29, 1.82) is 0 Å². The second-order valence-corrected chi connectivity index (χ2v) is 8.09. The van der Waals surface area contributed by atoms with E-state index in [-0.39, 0.29) is 0 Å². The molecule has 0 aliphatic carbocycles. The molecule has 0 unspecified atom stereocenters. The molecule has 66 valence electrons. The van der Waals surface area contributed by atoms with Crippen LogP contribution in [0.25, 0.3) is 0 Å². The maximum atomic E-state index is 5.38. The zero-order valence-corrected chi connectivity index (χ0v) is 8.84. The molecule has 1 heteroatoms. The van der Waals surface area contributed by atoms with Crippen molar-refractivity contribution in [1.82, 2.24) is 0 Å². The topological polar surface area (TPSA) is 0 Å². The molecular weight excluding hydrogens is 172 g/mol. The summed E-state index contributed by atoms with van der Waals surface area (Å²) in [4.78, 5) is 0. The minimum absolute atomic E-state index is 0.908. The van der Waals surface area contributed by atoms with E-state index >= 15 is 0 Å². The quantitative estimate of drug-likeness (QED) is 0.469. The number of allylic oxidation sites excluding steroid dienone is 3. The highest BCUT2D eigenvalue weighted by atomic mass is 28.3. The van der Waals surface area contributed by atoms with E-state index in [1.54, 1.807) is 0 Å². The SMILES string of the molecule is C#CC[Si]1(CC#C)CC=C(C=C)C1. The third-order valence-corrected chi connectivity index (χ3v) is 6.73. The molecule has 0 aromatic heterocycles. The first-order valence-corrected chi connectivity index (χ1v) is 7.27. The Hall–Kier alpha value is -1.18. The van der Waals surface area contributed by atoms with Crippen molar-refractivity contribution < 1.29 is 0 Å². The summed E-state index contributed by atoms with van der Waals surface area (Å²) in [5.41, 5.74) is 1.34. The van der Waals surface area contributed by atoms with Gasteiger partial charge < -0.3 is 0 Å². The van der Waals surface area contributed by atoms with Gasteiger partial charge in [0.05, 0.1) is 8.07 Å². The van der Waals surface area contributed by atoms with E-state index in [2.05, 4.69) is 24.5 Å². The van der Waals surface area contributed by atoms with Gasteiger partial charge in [-0.2, -0.15) is 0 Å². The van der Waals surface area contributed by atoms with Gasteiger partial charge in [-0.15, -0.1) is 24.7 Å². The minimum Gasteiger partial charge on any atom is -0.120 e. The maximum absolute atomic E-state index is 5.38. The van der Waals surface area contributed by atoms with E-state index in [0.29, 0.717) is 0 Å². The molecule has 0 atom stereocenters. The lowest BCUT2D eigenvalue weighted by Gasteiger charge is -2.21. The van der Waals surface area contributed by atoms with Crippen molar-refractivity contribution in [2.24, 2.45) is 0 Å². The van der Waals surface area contributed by atoms with E-state index in [1.165, 1.54) is 5.57 Å². The smallest absolute Gasteiger partial charge is 0.0867 e. The van der Waals surface area contributed by atoms with Crippen molar-refractivity contribution in [3.63, 3.8) is 0 Å². The van der Waals surface area contributed by atoms with Gasteiger partial charge in [0.15, 0.2) is 0 Å². The third kappa shape index (κ3) is 2.14. The molecule has 0 spiro atoms. The largest absolute Gasteiger partial charge is 0.120 e. The van der Waals surface area contributed by atoms with Gasteiger partial charge in [-0.05, 0) is 12.1 Å². The normalized spacial score (nSPS) is 18.5. The molecular formula is C12H14Si. The van der Waals surface area contributed by atoms with Crippen LogP contribution in [0.4, 0.5) is 0 Å². The summed E-state index contributed by atoms with van der Waals surface area (Å²) < 4.78 is 0. The molecule has 0 radical (unpaired) electrons. The Balaban J connectivity index is 2.71. The molecule has 0 aromatic rings. The van der Waals surface area contributed by atoms with Gasteiger partial charge in [0.25, 0.3) is 0 Å². The van der Waals surface area contributed by atoms with Crippen molar-refractivity contribution in [3.8, 4) is 24.7 Å². The monoisotopic (exact) mass is 186 g/mol. The first kappa shape index (κ1) is 9.90. The van der Waals surface area contributed by atoms with Crippen LogP contribution in [0.2, 0.25) is 24.2 Å². The Morgan fingerprint density at radius 3 is 2.46 bits per heavy atom. The van der Waals surface area contributed by atoms with Gasteiger partial charge in [-0.3, -0.25) is 0 Å². The lowest BCUT2D eigenvalue weighted by molar-refractivity contribution is 1.37. The molecule has 0 saturated carbocycles. The van der Waals surface area contributed by atoms with E-state index < -0.39 is 8.07 Å². The first-order valence-electron chi connectivity index (χ1n) is 4.45. The molecule has 0 nitrogen and oxygen atoms in total. The van der Waals surface area contributed by atoms with Crippen LogP contribution >= 0.6 is 0 Å². The van der Waals surface area contributed by atoms with E-state index in [1.807, 2.05) is 6.08 Å².